The molecule has 0 atom stereocenters. The van der Waals surface area contributed by atoms with Gasteiger partial charge in [0.1, 0.15) is 24.0 Å². The number of methoxy groups -OCH3 is 1. The molecule has 36 heavy (non-hydrogen) atoms. The monoisotopic (exact) mass is 551 g/mol. The summed E-state index contributed by atoms with van der Waals surface area (Å²) in [6, 6.07) is 18.6. The van der Waals surface area contributed by atoms with Gasteiger partial charge in [-0.1, -0.05) is 30.3 Å². The summed E-state index contributed by atoms with van der Waals surface area (Å²) in [4.78, 5) is 23.3. The molecule has 184 valence electrons. The molecule has 1 N–H and O–H groups in total. The van der Waals surface area contributed by atoms with E-state index in [0.29, 0.717) is 34.7 Å². The average molecular weight is 552 g/mol. The van der Waals surface area contributed by atoms with Crippen LogP contribution in [-0.2, 0) is 11.4 Å². The predicted molar refractivity (Wildman–Crippen MR) is 138 cm³/mol. The van der Waals surface area contributed by atoms with Gasteiger partial charge in [0.25, 0.3) is 11.6 Å². The minimum Gasteiger partial charge on any atom is -0.495 e. The van der Waals surface area contributed by atoms with Crippen LogP contribution in [0.15, 0.2) is 70.7 Å². The Kier molecular flexibility index (Phi) is 9.02. The summed E-state index contributed by atoms with van der Waals surface area (Å²) in [5, 5.41) is 23.2. The SMILES string of the molecule is CCOc1cc(/C=C(\C#N)C(=O)Nc2cc([N+](=O)[O-])ccc2OC)cc(Br)c1OCc1ccccc1. The van der Waals surface area contributed by atoms with Crippen LogP contribution in [-0.4, -0.2) is 24.5 Å². The van der Waals surface area contributed by atoms with Crippen LogP contribution in [0.5, 0.6) is 17.2 Å². The van der Waals surface area contributed by atoms with Crippen molar-refractivity contribution in [2.75, 3.05) is 19.0 Å². The first-order valence-corrected chi connectivity index (χ1v) is 11.5. The van der Waals surface area contributed by atoms with Crippen LogP contribution >= 0.6 is 15.9 Å². The number of nitro groups is 1. The fraction of sp³-hybridized carbons (Fsp3) is 0.154. The van der Waals surface area contributed by atoms with E-state index in [0.717, 1.165) is 11.6 Å². The van der Waals surface area contributed by atoms with Crippen LogP contribution < -0.4 is 19.5 Å². The quantitative estimate of drug-likeness (QED) is 0.144. The summed E-state index contributed by atoms with van der Waals surface area (Å²) >= 11 is 3.49. The number of carbonyl (C=O) groups is 1. The molecule has 0 unspecified atom stereocenters. The van der Waals surface area contributed by atoms with Gasteiger partial charge in [0.15, 0.2) is 11.5 Å². The van der Waals surface area contributed by atoms with E-state index in [1.165, 1.54) is 25.3 Å². The molecule has 1 amide bonds. The molecule has 0 bridgehead atoms. The van der Waals surface area contributed by atoms with Gasteiger partial charge in [-0.2, -0.15) is 5.26 Å². The van der Waals surface area contributed by atoms with E-state index in [1.807, 2.05) is 43.3 Å². The number of nitriles is 1. The van der Waals surface area contributed by atoms with Crippen molar-refractivity contribution in [3.63, 3.8) is 0 Å². The molecule has 0 aliphatic heterocycles. The largest absolute Gasteiger partial charge is 0.495 e. The lowest BCUT2D eigenvalue weighted by Crippen LogP contribution is -2.14. The fourth-order valence-electron chi connectivity index (χ4n) is 3.22. The number of halogens is 1. The van der Waals surface area contributed by atoms with Crippen LogP contribution in [0.25, 0.3) is 6.08 Å². The molecule has 9 nitrogen and oxygen atoms in total. The van der Waals surface area contributed by atoms with Gasteiger partial charge in [0.2, 0.25) is 0 Å². The molecule has 0 heterocycles. The van der Waals surface area contributed by atoms with E-state index >= 15 is 0 Å². The van der Waals surface area contributed by atoms with Crippen molar-refractivity contribution in [1.82, 2.24) is 0 Å². The molecule has 0 aromatic heterocycles. The van der Waals surface area contributed by atoms with E-state index in [1.54, 1.807) is 12.1 Å². The standard InChI is InChI=1S/C26H22BrN3O6/c1-3-35-24-13-18(12-21(27)25(24)36-16-17-7-5-4-6-8-17)11-19(15-28)26(31)29-22-14-20(30(32)33)9-10-23(22)34-2/h4-14H,3,16H2,1-2H3,(H,29,31)/b19-11+. The van der Waals surface area contributed by atoms with Gasteiger partial charge in [-0.05, 0) is 58.3 Å². The second-order valence-corrected chi connectivity index (χ2v) is 8.16. The third-order valence-electron chi connectivity index (χ3n) is 4.88. The van der Waals surface area contributed by atoms with Crippen molar-refractivity contribution in [1.29, 1.82) is 5.26 Å². The van der Waals surface area contributed by atoms with Gasteiger partial charge in [0.05, 0.1) is 28.8 Å². The zero-order chi connectivity index (χ0) is 26.1. The first kappa shape index (κ1) is 26.2. The van der Waals surface area contributed by atoms with Crippen LogP contribution in [0, 0.1) is 21.4 Å². The van der Waals surface area contributed by atoms with Crippen LogP contribution in [0.2, 0.25) is 0 Å². The van der Waals surface area contributed by atoms with E-state index in [9.17, 15) is 20.2 Å². The van der Waals surface area contributed by atoms with Crippen LogP contribution in [0.4, 0.5) is 11.4 Å². The Balaban J connectivity index is 1.88. The summed E-state index contributed by atoms with van der Waals surface area (Å²) in [5.74, 6) is 0.386. The number of amides is 1. The number of nitrogens with zero attached hydrogens (tertiary/aromatic N) is 2. The first-order valence-electron chi connectivity index (χ1n) is 10.7. The molecule has 0 saturated heterocycles. The highest BCUT2D eigenvalue weighted by molar-refractivity contribution is 9.10. The number of hydrogen-bond donors (Lipinski definition) is 1. The van der Waals surface area contributed by atoms with Crippen molar-refractivity contribution in [2.24, 2.45) is 0 Å². The van der Waals surface area contributed by atoms with Crippen molar-refractivity contribution in [3.8, 4) is 23.3 Å². The number of benzene rings is 3. The topological polar surface area (TPSA) is 124 Å². The molecule has 3 aromatic rings. The summed E-state index contributed by atoms with van der Waals surface area (Å²) in [6.07, 6.45) is 1.38. The lowest BCUT2D eigenvalue weighted by molar-refractivity contribution is -0.384. The zero-order valence-electron chi connectivity index (χ0n) is 19.5. The molecule has 0 aliphatic carbocycles. The van der Waals surface area contributed by atoms with E-state index in [4.69, 9.17) is 14.2 Å². The molecule has 3 rings (SSSR count). The minimum absolute atomic E-state index is 0.0682. The average Bonchev–Trinajstić information content (AvgIpc) is 2.87. The van der Waals surface area contributed by atoms with Gasteiger partial charge in [0, 0.05) is 12.1 Å². The number of nitrogens with one attached hydrogen (secondary N) is 1. The van der Waals surface area contributed by atoms with E-state index < -0.39 is 10.8 Å². The maximum Gasteiger partial charge on any atom is 0.271 e. The normalized spacial score (nSPS) is 10.8. The van der Waals surface area contributed by atoms with Crippen LogP contribution in [0.1, 0.15) is 18.1 Å². The third-order valence-corrected chi connectivity index (χ3v) is 5.46. The fourth-order valence-corrected chi connectivity index (χ4v) is 3.79. The van der Waals surface area contributed by atoms with Crippen LogP contribution in [0.3, 0.4) is 0 Å². The predicted octanol–water partition coefficient (Wildman–Crippen LogP) is 5.89. The first-order chi connectivity index (χ1) is 17.4. The number of nitro benzene ring substituents is 1. The lowest BCUT2D eigenvalue weighted by atomic mass is 10.1. The summed E-state index contributed by atoms with van der Waals surface area (Å²) in [7, 11) is 1.37. The van der Waals surface area contributed by atoms with E-state index in [-0.39, 0.29) is 22.7 Å². The number of ether oxygens (including phenoxy) is 3. The second-order valence-electron chi connectivity index (χ2n) is 7.30. The smallest absolute Gasteiger partial charge is 0.271 e. The Morgan fingerprint density at radius 3 is 2.53 bits per heavy atom. The summed E-state index contributed by atoms with van der Waals surface area (Å²) in [5.41, 5.74) is 1.10. The number of carbonyl (C=O) groups excluding carboxylic acids is 1. The minimum atomic E-state index is -0.755. The zero-order valence-corrected chi connectivity index (χ0v) is 21.1. The van der Waals surface area contributed by atoms with Crippen molar-refractivity contribution in [3.05, 3.63) is 92.0 Å². The number of rotatable bonds is 10. The van der Waals surface area contributed by atoms with Gasteiger partial charge in [-0.15, -0.1) is 0 Å². The number of anilines is 1. The Labute approximate surface area is 216 Å². The maximum absolute atomic E-state index is 12.8. The Bertz CT molecular complexity index is 1340. The summed E-state index contributed by atoms with van der Waals surface area (Å²) < 4.78 is 17.4. The van der Waals surface area contributed by atoms with Crippen molar-refractivity contribution in [2.45, 2.75) is 13.5 Å². The maximum atomic E-state index is 12.8. The number of hydrogen-bond acceptors (Lipinski definition) is 7. The molecule has 0 saturated carbocycles. The molecule has 10 heteroatoms. The molecule has 0 radical (unpaired) electrons. The molecule has 0 spiro atoms. The number of non-ortho nitro benzene ring substituents is 1. The van der Waals surface area contributed by atoms with Gasteiger partial charge >= 0.3 is 0 Å². The molecule has 3 aromatic carbocycles. The molecule has 0 aliphatic rings. The Hall–Kier alpha value is -4.36. The third kappa shape index (κ3) is 6.61. The lowest BCUT2D eigenvalue weighted by Gasteiger charge is -2.15. The molecule has 0 fully saturated rings. The van der Waals surface area contributed by atoms with E-state index in [2.05, 4.69) is 21.2 Å². The highest BCUT2D eigenvalue weighted by Gasteiger charge is 2.18. The van der Waals surface area contributed by atoms with Gasteiger partial charge in [-0.3, -0.25) is 14.9 Å². The Morgan fingerprint density at radius 2 is 1.89 bits per heavy atom. The van der Waals surface area contributed by atoms with Crippen molar-refractivity contribution >= 4 is 39.3 Å². The highest BCUT2D eigenvalue weighted by atomic mass is 79.9. The second kappa shape index (κ2) is 12.4. The molecular formula is C26H22BrN3O6. The highest BCUT2D eigenvalue weighted by Crippen LogP contribution is 2.38. The molecular weight excluding hydrogens is 530 g/mol. The summed E-state index contributed by atoms with van der Waals surface area (Å²) in [6.45, 7) is 2.53. The van der Waals surface area contributed by atoms with Gasteiger partial charge < -0.3 is 19.5 Å². The van der Waals surface area contributed by atoms with Gasteiger partial charge in [-0.25, -0.2) is 0 Å². The Morgan fingerprint density at radius 1 is 1.14 bits per heavy atom. The van der Waals surface area contributed by atoms with Crippen molar-refractivity contribution < 1.29 is 23.9 Å².